The molecule has 0 saturated carbocycles. The average molecular weight is 324 g/mol. The van der Waals surface area contributed by atoms with Crippen molar-refractivity contribution in [2.45, 2.75) is 39.5 Å². The summed E-state index contributed by atoms with van der Waals surface area (Å²) >= 11 is 0. The number of fused-ring (bicyclic) bond motifs is 1. The lowest BCUT2D eigenvalue weighted by Crippen LogP contribution is -2.47. The predicted octanol–water partition coefficient (Wildman–Crippen LogP) is 2.09. The smallest absolute Gasteiger partial charge is 0.135 e. The van der Waals surface area contributed by atoms with Gasteiger partial charge in [0.25, 0.3) is 0 Å². The Balaban J connectivity index is 1.53. The molecule has 2 aromatic rings. The summed E-state index contributed by atoms with van der Waals surface area (Å²) in [5.41, 5.74) is 2.66. The molecule has 0 spiro atoms. The molecule has 1 aliphatic heterocycles. The summed E-state index contributed by atoms with van der Waals surface area (Å²) in [6.45, 7) is 7.84. The van der Waals surface area contributed by atoms with Crippen LogP contribution in [0.5, 0.6) is 0 Å². The highest BCUT2D eigenvalue weighted by Gasteiger charge is 2.24. The third-order valence-corrected chi connectivity index (χ3v) is 4.94. The zero-order valence-electron chi connectivity index (χ0n) is 14.5. The van der Waals surface area contributed by atoms with E-state index >= 15 is 0 Å². The molecule has 0 amide bonds. The fourth-order valence-electron chi connectivity index (χ4n) is 3.72. The Morgan fingerprint density at radius 1 is 0.833 bits per heavy atom. The van der Waals surface area contributed by atoms with Gasteiger partial charge in [0, 0.05) is 43.6 Å². The Morgan fingerprint density at radius 2 is 1.58 bits per heavy atom. The maximum atomic E-state index is 4.79. The van der Waals surface area contributed by atoms with Gasteiger partial charge in [-0.05, 0) is 45.6 Å². The van der Waals surface area contributed by atoms with E-state index < -0.39 is 0 Å². The van der Waals surface area contributed by atoms with Crippen LogP contribution in [-0.2, 0) is 12.8 Å². The number of hydrogen-bond donors (Lipinski definition) is 0. The van der Waals surface area contributed by atoms with Crippen molar-refractivity contribution < 1.29 is 0 Å². The van der Waals surface area contributed by atoms with Crippen LogP contribution < -0.4 is 9.80 Å². The lowest BCUT2D eigenvalue weighted by atomic mass is 9.96. The van der Waals surface area contributed by atoms with Crippen molar-refractivity contribution >= 4 is 11.6 Å². The second-order valence-electron chi connectivity index (χ2n) is 6.66. The van der Waals surface area contributed by atoms with E-state index in [-0.39, 0.29) is 0 Å². The van der Waals surface area contributed by atoms with E-state index in [0.717, 1.165) is 56.5 Å². The zero-order chi connectivity index (χ0) is 16.5. The van der Waals surface area contributed by atoms with Gasteiger partial charge in [-0.15, -0.1) is 0 Å². The largest absolute Gasteiger partial charge is 0.353 e. The number of aromatic nitrogens is 4. The third-order valence-electron chi connectivity index (χ3n) is 4.94. The Labute approximate surface area is 143 Å². The summed E-state index contributed by atoms with van der Waals surface area (Å²) in [7, 11) is 0. The maximum Gasteiger partial charge on any atom is 0.135 e. The van der Waals surface area contributed by atoms with E-state index in [0.29, 0.717) is 0 Å². The van der Waals surface area contributed by atoms with Crippen LogP contribution in [0, 0.1) is 13.8 Å². The molecule has 1 aliphatic carbocycles. The van der Waals surface area contributed by atoms with Crippen LogP contribution in [-0.4, -0.2) is 46.1 Å². The Morgan fingerprint density at radius 3 is 2.38 bits per heavy atom. The summed E-state index contributed by atoms with van der Waals surface area (Å²) in [6, 6.07) is 2.00. The van der Waals surface area contributed by atoms with Crippen LogP contribution in [0.25, 0.3) is 0 Å². The van der Waals surface area contributed by atoms with Crippen LogP contribution in [0.3, 0.4) is 0 Å². The van der Waals surface area contributed by atoms with Gasteiger partial charge in [-0.1, -0.05) is 0 Å². The molecule has 1 fully saturated rings. The van der Waals surface area contributed by atoms with E-state index in [1.165, 1.54) is 29.9 Å². The van der Waals surface area contributed by atoms with Gasteiger partial charge in [0.15, 0.2) is 0 Å². The summed E-state index contributed by atoms with van der Waals surface area (Å²) in [6.07, 6.45) is 6.58. The molecule has 1 saturated heterocycles. The maximum absolute atomic E-state index is 4.79. The quantitative estimate of drug-likeness (QED) is 0.843. The van der Waals surface area contributed by atoms with E-state index in [9.17, 15) is 0 Å². The number of anilines is 2. The van der Waals surface area contributed by atoms with Crippen molar-refractivity contribution in [2.24, 2.45) is 0 Å². The highest BCUT2D eigenvalue weighted by Crippen LogP contribution is 2.29. The lowest BCUT2D eigenvalue weighted by Gasteiger charge is -2.37. The lowest BCUT2D eigenvalue weighted by molar-refractivity contribution is 0.616. The van der Waals surface area contributed by atoms with E-state index in [4.69, 9.17) is 4.98 Å². The third kappa shape index (κ3) is 2.92. The van der Waals surface area contributed by atoms with Crippen LogP contribution in [0.2, 0.25) is 0 Å². The molecule has 6 heteroatoms. The highest BCUT2D eigenvalue weighted by molar-refractivity contribution is 5.52. The number of rotatable bonds is 2. The summed E-state index contributed by atoms with van der Waals surface area (Å²) in [4.78, 5) is 23.0. The molecular weight excluding hydrogens is 300 g/mol. The highest BCUT2D eigenvalue weighted by atomic mass is 15.3. The first kappa shape index (κ1) is 15.3. The molecule has 2 aliphatic rings. The van der Waals surface area contributed by atoms with Gasteiger partial charge in [0.1, 0.15) is 23.3 Å². The zero-order valence-corrected chi connectivity index (χ0v) is 14.5. The predicted molar refractivity (Wildman–Crippen MR) is 94.6 cm³/mol. The van der Waals surface area contributed by atoms with Crippen LogP contribution in [0.1, 0.15) is 35.7 Å². The molecule has 0 radical (unpaired) electrons. The first-order chi connectivity index (χ1) is 11.7. The van der Waals surface area contributed by atoms with Crippen molar-refractivity contribution in [3.63, 3.8) is 0 Å². The average Bonchev–Trinajstić information content (AvgIpc) is 2.61. The molecule has 0 unspecified atom stereocenters. The second kappa shape index (κ2) is 6.34. The molecular formula is C18H24N6. The molecule has 24 heavy (non-hydrogen) atoms. The van der Waals surface area contributed by atoms with E-state index in [1.807, 2.05) is 26.1 Å². The first-order valence-corrected chi connectivity index (χ1v) is 8.86. The Kier molecular flexibility index (Phi) is 4.04. The molecule has 126 valence electrons. The fraction of sp³-hybridized carbons (Fsp3) is 0.556. The first-order valence-electron chi connectivity index (χ1n) is 8.86. The monoisotopic (exact) mass is 324 g/mol. The van der Waals surface area contributed by atoms with Gasteiger partial charge < -0.3 is 9.80 Å². The molecule has 0 aromatic carbocycles. The molecule has 2 aromatic heterocycles. The van der Waals surface area contributed by atoms with Crippen molar-refractivity contribution in [2.75, 3.05) is 36.0 Å². The Hall–Kier alpha value is -2.24. The minimum atomic E-state index is 0.829. The molecule has 4 rings (SSSR count). The van der Waals surface area contributed by atoms with Crippen LogP contribution in [0.15, 0.2) is 12.3 Å². The molecule has 0 bridgehead atoms. The standard InChI is InChI=1S/C18H24N6/c1-13-19-8-7-17(21-13)23-9-11-24(12-10-23)18-15-5-3-4-6-16(15)20-14(2)22-18/h7-8H,3-6,9-12H2,1-2H3. The van der Waals surface area contributed by atoms with Gasteiger partial charge in [-0.3, -0.25) is 0 Å². The van der Waals surface area contributed by atoms with Gasteiger partial charge in [-0.2, -0.15) is 0 Å². The molecule has 3 heterocycles. The molecule has 6 nitrogen and oxygen atoms in total. The molecule has 0 atom stereocenters. The minimum absolute atomic E-state index is 0.829. The van der Waals surface area contributed by atoms with Gasteiger partial charge in [0.05, 0.1) is 0 Å². The minimum Gasteiger partial charge on any atom is -0.353 e. The second-order valence-corrected chi connectivity index (χ2v) is 6.66. The Bertz CT molecular complexity index is 736. The topological polar surface area (TPSA) is 58.0 Å². The van der Waals surface area contributed by atoms with E-state index in [1.54, 1.807) is 0 Å². The van der Waals surface area contributed by atoms with E-state index in [2.05, 4.69) is 24.8 Å². The summed E-state index contributed by atoms with van der Waals surface area (Å²) in [5, 5.41) is 0. The van der Waals surface area contributed by atoms with Gasteiger partial charge in [0.2, 0.25) is 0 Å². The normalized spacial score (nSPS) is 17.8. The summed E-state index contributed by atoms with van der Waals surface area (Å²) in [5.74, 6) is 3.94. The van der Waals surface area contributed by atoms with Crippen molar-refractivity contribution in [1.82, 2.24) is 19.9 Å². The van der Waals surface area contributed by atoms with Crippen molar-refractivity contribution in [3.05, 3.63) is 35.2 Å². The number of hydrogen-bond acceptors (Lipinski definition) is 6. The van der Waals surface area contributed by atoms with Gasteiger partial charge in [-0.25, -0.2) is 19.9 Å². The van der Waals surface area contributed by atoms with Crippen LogP contribution in [0.4, 0.5) is 11.6 Å². The SMILES string of the molecule is Cc1nccc(N2CCN(c3nc(C)nc4c3CCCC4)CC2)n1. The number of piperazine rings is 1. The number of nitrogens with zero attached hydrogens (tertiary/aromatic N) is 6. The van der Waals surface area contributed by atoms with Crippen LogP contribution >= 0.6 is 0 Å². The van der Waals surface area contributed by atoms with Crippen molar-refractivity contribution in [1.29, 1.82) is 0 Å². The summed E-state index contributed by atoms with van der Waals surface area (Å²) < 4.78 is 0. The fourth-order valence-corrected chi connectivity index (χ4v) is 3.72. The van der Waals surface area contributed by atoms with Crippen molar-refractivity contribution in [3.8, 4) is 0 Å². The number of aryl methyl sites for hydroxylation is 3. The molecule has 0 N–H and O–H groups in total. The van der Waals surface area contributed by atoms with Gasteiger partial charge >= 0.3 is 0 Å².